The van der Waals surface area contributed by atoms with Crippen molar-refractivity contribution >= 4 is 61.2 Å². The molecule has 32 heavy (non-hydrogen) atoms. The van der Waals surface area contributed by atoms with E-state index in [1.165, 1.54) is 11.8 Å². The number of fused-ring (bicyclic) bond motifs is 5. The summed E-state index contributed by atoms with van der Waals surface area (Å²) in [6.45, 7) is 2.47. The van der Waals surface area contributed by atoms with E-state index in [9.17, 15) is 4.79 Å². The molecule has 8 heteroatoms. The lowest BCUT2D eigenvalue weighted by atomic mass is 10.2. The lowest BCUT2D eigenvalue weighted by molar-refractivity contribution is -0.120. The maximum atomic E-state index is 13.0. The highest BCUT2D eigenvalue weighted by atomic mass is 79.9. The molecule has 0 bridgehead atoms. The first-order chi connectivity index (χ1) is 15.6. The Balaban J connectivity index is 1.54. The third kappa shape index (κ3) is 3.96. The first kappa shape index (κ1) is 20.9. The van der Waals surface area contributed by atoms with Crippen LogP contribution in [0.5, 0.6) is 0 Å². The number of halogens is 1. The number of nitrogens with zero attached hydrogens (tertiary/aromatic N) is 4. The van der Waals surface area contributed by atoms with E-state index >= 15 is 0 Å². The molecular weight excluding hydrogens is 486 g/mol. The van der Waals surface area contributed by atoms with Gasteiger partial charge in [-0.3, -0.25) is 14.2 Å². The van der Waals surface area contributed by atoms with Gasteiger partial charge in [0.25, 0.3) is 0 Å². The SMILES string of the molecule is CC[C@H](Sc1nc2ccc(Br)cc2c2nc3ccccc3n12)C(=O)NCc1cccnc1. The van der Waals surface area contributed by atoms with E-state index in [2.05, 4.69) is 30.6 Å². The average molecular weight is 506 g/mol. The molecule has 6 nitrogen and oxygen atoms in total. The van der Waals surface area contributed by atoms with Gasteiger partial charge in [-0.1, -0.05) is 52.8 Å². The van der Waals surface area contributed by atoms with Crippen molar-refractivity contribution in [3.63, 3.8) is 0 Å². The van der Waals surface area contributed by atoms with Gasteiger partial charge in [0.2, 0.25) is 5.91 Å². The molecule has 0 unspecified atom stereocenters. The number of carbonyl (C=O) groups excluding carboxylic acids is 1. The molecule has 3 aromatic heterocycles. The highest BCUT2D eigenvalue weighted by molar-refractivity contribution is 9.10. The predicted molar refractivity (Wildman–Crippen MR) is 132 cm³/mol. The van der Waals surface area contributed by atoms with E-state index in [1.807, 2.05) is 61.5 Å². The van der Waals surface area contributed by atoms with Crippen LogP contribution in [0.3, 0.4) is 0 Å². The summed E-state index contributed by atoms with van der Waals surface area (Å²) < 4.78 is 3.04. The first-order valence-corrected chi connectivity index (χ1v) is 12.0. The van der Waals surface area contributed by atoms with Crippen LogP contribution in [-0.2, 0) is 11.3 Å². The summed E-state index contributed by atoms with van der Waals surface area (Å²) in [4.78, 5) is 26.9. The molecule has 1 amide bonds. The van der Waals surface area contributed by atoms with Crippen molar-refractivity contribution < 1.29 is 4.79 Å². The van der Waals surface area contributed by atoms with Gasteiger partial charge in [-0.2, -0.15) is 0 Å². The summed E-state index contributed by atoms with van der Waals surface area (Å²) in [6.07, 6.45) is 4.16. The quantitative estimate of drug-likeness (QED) is 0.247. The number of thioether (sulfide) groups is 1. The van der Waals surface area contributed by atoms with Crippen LogP contribution in [0.15, 0.2) is 76.6 Å². The molecule has 0 aliphatic carbocycles. The molecule has 0 aliphatic rings. The number of carbonyl (C=O) groups is 1. The van der Waals surface area contributed by atoms with Gasteiger partial charge in [-0.05, 0) is 48.4 Å². The van der Waals surface area contributed by atoms with Crippen LogP contribution in [0.2, 0.25) is 0 Å². The number of nitrogens with one attached hydrogen (secondary N) is 1. The molecule has 1 atom stereocenters. The van der Waals surface area contributed by atoms with Gasteiger partial charge in [0.1, 0.15) is 5.65 Å². The minimum Gasteiger partial charge on any atom is -0.351 e. The molecule has 5 aromatic rings. The van der Waals surface area contributed by atoms with Crippen LogP contribution in [0.1, 0.15) is 18.9 Å². The minimum atomic E-state index is -0.281. The summed E-state index contributed by atoms with van der Waals surface area (Å²) in [5.74, 6) is -0.0170. The van der Waals surface area contributed by atoms with Crippen LogP contribution in [0.4, 0.5) is 0 Å². The van der Waals surface area contributed by atoms with Gasteiger partial charge in [0.05, 0.1) is 21.8 Å². The second-order valence-corrected chi connectivity index (χ2v) is 9.49. The number of imidazole rings is 1. The zero-order valence-corrected chi connectivity index (χ0v) is 19.7. The lowest BCUT2D eigenvalue weighted by Gasteiger charge is -2.16. The Morgan fingerprint density at radius 3 is 2.81 bits per heavy atom. The van der Waals surface area contributed by atoms with E-state index in [0.717, 1.165) is 42.8 Å². The minimum absolute atomic E-state index is 0.0170. The molecule has 0 radical (unpaired) electrons. The smallest absolute Gasteiger partial charge is 0.233 e. The largest absolute Gasteiger partial charge is 0.351 e. The van der Waals surface area contributed by atoms with Gasteiger partial charge in [0, 0.05) is 28.8 Å². The summed E-state index contributed by atoms with van der Waals surface area (Å²) in [5, 5.41) is 4.48. The zero-order chi connectivity index (χ0) is 22.1. The van der Waals surface area contributed by atoms with E-state index in [0.29, 0.717) is 13.0 Å². The molecule has 0 saturated carbocycles. The summed E-state index contributed by atoms with van der Waals surface area (Å²) in [7, 11) is 0. The number of hydrogen-bond donors (Lipinski definition) is 1. The molecule has 1 N–H and O–H groups in total. The first-order valence-electron chi connectivity index (χ1n) is 10.3. The van der Waals surface area contributed by atoms with Gasteiger partial charge in [-0.25, -0.2) is 9.97 Å². The molecule has 160 valence electrons. The van der Waals surface area contributed by atoms with Crippen molar-refractivity contribution in [1.82, 2.24) is 24.7 Å². The highest BCUT2D eigenvalue weighted by Crippen LogP contribution is 2.32. The van der Waals surface area contributed by atoms with Crippen molar-refractivity contribution in [1.29, 1.82) is 0 Å². The van der Waals surface area contributed by atoms with Gasteiger partial charge in [0.15, 0.2) is 5.16 Å². The topological polar surface area (TPSA) is 72.2 Å². The molecule has 0 aliphatic heterocycles. The second kappa shape index (κ2) is 8.88. The molecule has 3 heterocycles. The van der Waals surface area contributed by atoms with Gasteiger partial charge >= 0.3 is 0 Å². The lowest BCUT2D eigenvalue weighted by Crippen LogP contribution is -2.32. The van der Waals surface area contributed by atoms with E-state index in [4.69, 9.17) is 9.97 Å². The molecule has 2 aromatic carbocycles. The zero-order valence-electron chi connectivity index (χ0n) is 17.3. The number of amides is 1. The van der Waals surface area contributed by atoms with E-state index in [1.54, 1.807) is 12.4 Å². The van der Waals surface area contributed by atoms with Crippen LogP contribution < -0.4 is 5.32 Å². The van der Waals surface area contributed by atoms with Crippen LogP contribution >= 0.6 is 27.7 Å². The van der Waals surface area contributed by atoms with Crippen molar-refractivity contribution in [2.24, 2.45) is 0 Å². The van der Waals surface area contributed by atoms with Crippen LogP contribution in [-0.4, -0.2) is 30.5 Å². The standard InChI is InChI=1S/C24H20BrN5OS/c1-2-21(23(31)27-14-15-6-5-11-26-13-15)32-24-29-18-10-9-16(25)12-17(18)22-28-19-7-3-4-8-20(19)30(22)24/h3-13,21H,2,14H2,1H3,(H,27,31)/t21-/m0/s1. The Morgan fingerprint density at radius 1 is 1.12 bits per heavy atom. The number of para-hydroxylation sites is 2. The third-order valence-electron chi connectivity index (χ3n) is 5.27. The fourth-order valence-electron chi connectivity index (χ4n) is 3.67. The summed E-state index contributed by atoms with van der Waals surface area (Å²) >= 11 is 5.03. The molecular formula is C24H20BrN5OS. The summed E-state index contributed by atoms with van der Waals surface area (Å²) in [5.41, 5.74) is 4.54. The normalized spacial score (nSPS) is 12.4. The predicted octanol–water partition coefficient (Wildman–Crippen LogP) is 5.38. The van der Waals surface area contributed by atoms with Crippen LogP contribution in [0.25, 0.3) is 27.6 Å². The van der Waals surface area contributed by atoms with Gasteiger partial charge in [-0.15, -0.1) is 0 Å². The molecule has 5 rings (SSSR count). The fraction of sp³-hybridized carbons (Fsp3) is 0.167. The van der Waals surface area contributed by atoms with Crippen molar-refractivity contribution in [2.75, 3.05) is 0 Å². The maximum absolute atomic E-state index is 13.0. The monoisotopic (exact) mass is 505 g/mol. The molecule has 0 fully saturated rings. The van der Waals surface area contributed by atoms with Gasteiger partial charge < -0.3 is 5.32 Å². The third-order valence-corrected chi connectivity index (χ3v) is 7.08. The fourth-order valence-corrected chi connectivity index (χ4v) is 5.09. The Kier molecular flexibility index (Phi) is 5.80. The Bertz CT molecular complexity index is 1440. The van der Waals surface area contributed by atoms with E-state index in [-0.39, 0.29) is 11.2 Å². The Labute approximate surface area is 197 Å². The number of rotatable bonds is 6. The van der Waals surface area contributed by atoms with Crippen molar-refractivity contribution in [2.45, 2.75) is 30.3 Å². The Hall–Kier alpha value is -2.97. The van der Waals surface area contributed by atoms with E-state index < -0.39 is 0 Å². The molecule has 0 spiro atoms. The summed E-state index contributed by atoms with van der Waals surface area (Å²) in [6, 6.07) is 17.8. The number of benzene rings is 2. The molecule has 0 saturated heterocycles. The second-order valence-electron chi connectivity index (χ2n) is 7.41. The number of pyridine rings is 1. The number of aromatic nitrogens is 4. The number of hydrogen-bond acceptors (Lipinski definition) is 5. The van der Waals surface area contributed by atoms with Crippen LogP contribution in [0, 0.1) is 0 Å². The maximum Gasteiger partial charge on any atom is 0.233 e. The highest BCUT2D eigenvalue weighted by Gasteiger charge is 2.22. The van der Waals surface area contributed by atoms with Crippen molar-refractivity contribution in [3.05, 3.63) is 77.0 Å². The average Bonchev–Trinajstić information content (AvgIpc) is 3.22. The Morgan fingerprint density at radius 2 is 2.00 bits per heavy atom. The van der Waals surface area contributed by atoms with Crippen molar-refractivity contribution in [3.8, 4) is 0 Å².